The average molecular weight is 267 g/mol. The van der Waals surface area contributed by atoms with Crippen LogP contribution in [0.3, 0.4) is 0 Å². The molecule has 1 aromatic rings. The van der Waals surface area contributed by atoms with Crippen LogP contribution in [0.15, 0.2) is 35.3 Å². The predicted octanol–water partition coefficient (Wildman–Crippen LogP) is 1.69. The third-order valence-corrected chi connectivity index (χ3v) is 2.70. The number of nitrogens with zero attached hydrogens (tertiary/aromatic N) is 1. The topological polar surface area (TPSA) is 62.7 Å². The molecule has 18 heavy (non-hydrogen) atoms. The van der Waals surface area contributed by atoms with Crippen LogP contribution in [0.5, 0.6) is 0 Å². The number of para-hydroxylation sites is 1. The van der Waals surface area contributed by atoms with E-state index in [1.165, 1.54) is 11.8 Å². The summed E-state index contributed by atoms with van der Waals surface area (Å²) in [6.07, 6.45) is 0. The van der Waals surface area contributed by atoms with Gasteiger partial charge in [-0.25, -0.2) is 10.4 Å². The van der Waals surface area contributed by atoms with Gasteiger partial charge in [0.05, 0.1) is 18.0 Å². The fourth-order valence-electron chi connectivity index (χ4n) is 1.15. The second-order valence-corrected chi connectivity index (χ2v) is 4.19. The highest BCUT2D eigenvalue weighted by Gasteiger charge is 2.06. The lowest BCUT2D eigenvalue weighted by atomic mass is 10.3. The van der Waals surface area contributed by atoms with Crippen molar-refractivity contribution in [2.24, 2.45) is 4.99 Å². The first-order valence-electron chi connectivity index (χ1n) is 5.61. The third-order valence-electron chi connectivity index (χ3n) is 1.85. The third kappa shape index (κ3) is 5.70. The summed E-state index contributed by atoms with van der Waals surface area (Å²) in [5, 5.41) is 0.622. The molecule has 0 fully saturated rings. The van der Waals surface area contributed by atoms with Gasteiger partial charge in [0, 0.05) is 7.05 Å². The van der Waals surface area contributed by atoms with Crippen LogP contribution in [-0.4, -0.2) is 30.5 Å². The molecule has 0 atom stereocenters. The van der Waals surface area contributed by atoms with Crippen molar-refractivity contribution in [2.75, 3.05) is 19.4 Å². The number of hydrogen-bond acceptors (Lipinski definition) is 5. The molecule has 5 nitrogen and oxygen atoms in total. The number of ether oxygens (including phenoxy) is 1. The zero-order valence-electron chi connectivity index (χ0n) is 10.5. The van der Waals surface area contributed by atoms with Crippen LogP contribution in [-0.2, 0) is 9.53 Å². The fraction of sp³-hybridized carbons (Fsp3) is 0.333. The van der Waals surface area contributed by atoms with Crippen LogP contribution >= 0.6 is 11.8 Å². The van der Waals surface area contributed by atoms with Crippen LogP contribution in [0, 0.1) is 0 Å². The highest BCUT2D eigenvalue weighted by Crippen LogP contribution is 2.13. The molecule has 0 radical (unpaired) electrons. The molecule has 0 amide bonds. The zero-order valence-corrected chi connectivity index (χ0v) is 11.3. The molecule has 0 aliphatic carbocycles. The molecule has 98 valence electrons. The molecule has 0 aliphatic rings. The van der Waals surface area contributed by atoms with Crippen LogP contribution in [0.4, 0.5) is 5.69 Å². The van der Waals surface area contributed by atoms with Gasteiger partial charge in [-0.1, -0.05) is 30.0 Å². The lowest BCUT2D eigenvalue weighted by molar-refractivity contribution is -0.139. The molecule has 6 heteroatoms. The van der Waals surface area contributed by atoms with Crippen molar-refractivity contribution in [3.05, 3.63) is 30.3 Å². The molecule has 0 saturated carbocycles. The van der Waals surface area contributed by atoms with Gasteiger partial charge in [0.2, 0.25) is 0 Å². The van der Waals surface area contributed by atoms with E-state index >= 15 is 0 Å². The largest absolute Gasteiger partial charge is 0.465 e. The maximum Gasteiger partial charge on any atom is 0.316 e. The maximum absolute atomic E-state index is 11.3. The number of nitrogens with one attached hydrogen (secondary N) is 2. The standard InChI is InChI=1S/C12H17N3O2S/c1-3-17-11(16)9-18-12(15-13-2)14-10-7-5-4-6-8-10/h4-8,13H,3,9H2,1-2H3,(H,14,15). The molecular weight excluding hydrogens is 250 g/mol. The second kappa shape index (κ2) is 8.54. The molecule has 1 aromatic carbocycles. The second-order valence-electron chi connectivity index (χ2n) is 3.22. The molecule has 0 spiro atoms. The fourth-order valence-corrected chi connectivity index (χ4v) is 1.84. The number of carbonyl (C=O) groups is 1. The van der Waals surface area contributed by atoms with E-state index in [0.29, 0.717) is 11.8 Å². The van der Waals surface area contributed by atoms with E-state index in [9.17, 15) is 4.79 Å². The van der Waals surface area contributed by atoms with Crippen molar-refractivity contribution in [3.63, 3.8) is 0 Å². The number of esters is 1. The molecule has 0 heterocycles. The van der Waals surface area contributed by atoms with Gasteiger partial charge in [-0.05, 0) is 19.1 Å². The minimum Gasteiger partial charge on any atom is -0.465 e. The van der Waals surface area contributed by atoms with E-state index in [-0.39, 0.29) is 11.7 Å². The maximum atomic E-state index is 11.3. The van der Waals surface area contributed by atoms with E-state index in [2.05, 4.69) is 15.8 Å². The van der Waals surface area contributed by atoms with Gasteiger partial charge in [0.15, 0.2) is 5.17 Å². The Hall–Kier alpha value is -1.53. The lowest BCUT2D eigenvalue weighted by Crippen LogP contribution is -2.32. The summed E-state index contributed by atoms with van der Waals surface area (Å²) in [6, 6.07) is 9.53. The number of amidine groups is 1. The minimum atomic E-state index is -0.249. The Morgan fingerprint density at radius 1 is 1.39 bits per heavy atom. The smallest absolute Gasteiger partial charge is 0.316 e. The molecule has 0 aromatic heterocycles. The average Bonchev–Trinajstić information content (AvgIpc) is 2.38. The Bertz CT molecular complexity index is 396. The van der Waals surface area contributed by atoms with Gasteiger partial charge >= 0.3 is 5.97 Å². The first-order valence-corrected chi connectivity index (χ1v) is 6.59. The first-order chi connectivity index (χ1) is 8.76. The highest BCUT2D eigenvalue weighted by atomic mass is 32.2. The summed E-state index contributed by atoms with van der Waals surface area (Å²) in [5.41, 5.74) is 6.50. The van der Waals surface area contributed by atoms with Crippen LogP contribution in [0.1, 0.15) is 6.92 Å². The number of thioether (sulfide) groups is 1. The molecule has 2 N–H and O–H groups in total. The van der Waals surface area contributed by atoms with Crippen LogP contribution in [0.25, 0.3) is 0 Å². The van der Waals surface area contributed by atoms with Crippen molar-refractivity contribution >= 4 is 28.6 Å². The van der Waals surface area contributed by atoms with E-state index in [4.69, 9.17) is 4.74 Å². The van der Waals surface area contributed by atoms with E-state index in [0.717, 1.165) is 5.69 Å². The molecular formula is C12H17N3O2S. The summed E-state index contributed by atoms with van der Waals surface area (Å²) in [4.78, 5) is 15.6. The van der Waals surface area contributed by atoms with Gasteiger partial charge < -0.3 is 10.2 Å². The van der Waals surface area contributed by atoms with Gasteiger partial charge in [-0.3, -0.25) is 4.79 Å². The van der Waals surface area contributed by atoms with E-state index in [1.807, 2.05) is 30.3 Å². The number of carbonyl (C=O) groups excluding carboxylic acids is 1. The monoisotopic (exact) mass is 267 g/mol. The Morgan fingerprint density at radius 2 is 2.11 bits per heavy atom. The number of rotatable bonds is 5. The normalized spacial score (nSPS) is 11.1. The molecule has 0 bridgehead atoms. The number of aliphatic imine (C=N–C) groups is 1. The number of hydrogen-bond donors (Lipinski definition) is 2. The summed E-state index contributed by atoms with van der Waals surface area (Å²) >= 11 is 1.29. The summed E-state index contributed by atoms with van der Waals surface area (Å²) in [5.74, 6) is -0.0186. The van der Waals surface area contributed by atoms with Crippen molar-refractivity contribution in [3.8, 4) is 0 Å². The van der Waals surface area contributed by atoms with Gasteiger partial charge in [0.25, 0.3) is 0 Å². The Kier molecular flexibility index (Phi) is 6.90. The van der Waals surface area contributed by atoms with Crippen molar-refractivity contribution < 1.29 is 9.53 Å². The first kappa shape index (κ1) is 14.5. The van der Waals surface area contributed by atoms with Gasteiger partial charge in [-0.15, -0.1) is 0 Å². The van der Waals surface area contributed by atoms with Crippen LogP contribution in [0.2, 0.25) is 0 Å². The summed E-state index contributed by atoms with van der Waals surface area (Å²) < 4.78 is 4.86. The highest BCUT2D eigenvalue weighted by molar-refractivity contribution is 8.14. The summed E-state index contributed by atoms with van der Waals surface area (Å²) in [7, 11) is 1.74. The Balaban J connectivity index is 2.59. The quantitative estimate of drug-likeness (QED) is 0.368. The molecule has 0 unspecified atom stereocenters. The van der Waals surface area contributed by atoms with Gasteiger partial charge in [-0.2, -0.15) is 0 Å². The zero-order chi connectivity index (χ0) is 13.2. The van der Waals surface area contributed by atoms with Crippen molar-refractivity contribution in [1.82, 2.24) is 10.9 Å². The summed E-state index contributed by atoms with van der Waals surface area (Å²) in [6.45, 7) is 2.18. The predicted molar refractivity (Wildman–Crippen MR) is 74.8 cm³/mol. The molecule has 0 saturated heterocycles. The van der Waals surface area contributed by atoms with Crippen molar-refractivity contribution in [1.29, 1.82) is 0 Å². The SMILES string of the molecule is CCOC(=O)CSC(=Nc1ccccc1)NNC. The van der Waals surface area contributed by atoms with E-state index in [1.54, 1.807) is 14.0 Å². The molecule has 1 rings (SSSR count). The van der Waals surface area contributed by atoms with Crippen LogP contribution < -0.4 is 10.9 Å². The Labute approximate surface area is 111 Å². The van der Waals surface area contributed by atoms with E-state index < -0.39 is 0 Å². The lowest BCUT2D eigenvalue weighted by Gasteiger charge is -2.07. The molecule has 0 aliphatic heterocycles. The Morgan fingerprint density at radius 3 is 2.72 bits per heavy atom. The number of benzene rings is 1. The minimum absolute atomic E-state index is 0.230. The number of hydrazine groups is 1. The van der Waals surface area contributed by atoms with Crippen molar-refractivity contribution in [2.45, 2.75) is 6.92 Å². The van der Waals surface area contributed by atoms with Gasteiger partial charge in [0.1, 0.15) is 0 Å².